The maximum absolute atomic E-state index is 2.46. The Labute approximate surface area is 158 Å². The molecule has 0 unspecified atom stereocenters. The van der Waals surface area contributed by atoms with Gasteiger partial charge in [0.05, 0.1) is 0 Å². The van der Waals surface area contributed by atoms with Crippen LogP contribution in [0.4, 0.5) is 0 Å². The van der Waals surface area contributed by atoms with Crippen LogP contribution >= 0.6 is 23.5 Å². The summed E-state index contributed by atoms with van der Waals surface area (Å²) in [6.45, 7) is 0. The first-order chi connectivity index (χ1) is 11.8. The van der Waals surface area contributed by atoms with Gasteiger partial charge in [0.25, 0.3) is 0 Å². The second-order valence-corrected chi connectivity index (χ2v) is 10.1. The molecule has 24 heavy (non-hydrogen) atoms. The van der Waals surface area contributed by atoms with Crippen LogP contribution in [0.1, 0.15) is 11.1 Å². The first kappa shape index (κ1) is 16.6. The van der Waals surface area contributed by atoms with Gasteiger partial charge in [-0.05, 0) is 0 Å². The van der Waals surface area contributed by atoms with Crippen LogP contribution in [0, 0.1) is 5.41 Å². The quantitative estimate of drug-likeness (QED) is 0.523. The fourth-order valence-electron chi connectivity index (χ4n) is 3.31. The second-order valence-electron chi connectivity index (χ2n) is 6.50. The molecule has 0 amide bonds. The predicted molar refractivity (Wildman–Crippen MR) is 108 cm³/mol. The molecule has 0 N–H and O–H groups in total. The van der Waals surface area contributed by atoms with Crippen LogP contribution in [0.25, 0.3) is 0 Å². The van der Waals surface area contributed by atoms with Crippen LogP contribution in [0.5, 0.6) is 0 Å². The van der Waals surface area contributed by atoms with Gasteiger partial charge in [-0.3, -0.25) is 0 Å². The van der Waals surface area contributed by atoms with Crippen molar-refractivity contribution in [2.24, 2.45) is 5.41 Å². The minimum atomic E-state index is 0.317. The van der Waals surface area contributed by atoms with Crippen molar-refractivity contribution in [2.45, 2.75) is 22.6 Å². The van der Waals surface area contributed by atoms with E-state index in [1.165, 1.54) is 22.6 Å². The molecule has 0 aliphatic carbocycles. The van der Waals surface area contributed by atoms with E-state index in [-0.39, 0.29) is 0 Å². The summed E-state index contributed by atoms with van der Waals surface area (Å²) in [7, 11) is 0. The van der Waals surface area contributed by atoms with E-state index in [0.717, 1.165) is 12.8 Å². The molecule has 2 aromatic carbocycles. The molecule has 1 aliphatic heterocycles. The van der Waals surface area contributed by atoms with E-state index in [1.807, 2.05) is 0 Å². The Morgan fingerprint density at radius 3 is 1.62 bits per heavy atom. The van der Waals surface area contributed by atoms with E-state index in [0.29, 0.717) is 19.9 Å². The number of thioether (sulfide) groups is 2. The normalized spacial score (nSPS) is 16.3. The van der Waals surface area contributed by atoms with Gasteiger partial charge in [0, 0.05) is 0 Å². The fourth-order valence-corrected chi connectivity index (χ4v) is 8.83. The Kier molecular flexibility index (Phi) is 5.24. The van der Waals surface area contributed by atoms with Gasteiger partial charge in [-0.15, -0.1) is 0 Å². The van der Waals surface area contributed by atoms with Gasteiger partial charge in [0.15, 0.2) is 0 Å². The first-order valence-electron chi connectivity index (χ1n) is 8.23. The van der Waals surface area contributed by atoms with Gasteiger partial charge in [-0.1, -0.05) is 0 Å². The van der Waals surface area contributed by atoms with Crippen molar-refractivity contribution in [3.63, 3.8) is 0 Å². The third kappa shape index (κ3) is 3.86. The molecule has 122 valence electrons. The van der Waals surface area contributed by atoms with Crippen molar-refractivity contribution in [3.05, 3.63) is 81.7 Å². The van der Waals surface area contributed by atoms with Gasteiger partial charge in [0.1, 0.15) is 0 Å². The summed E-state index contributed by atoms with van der Waals surface area (Å²) in [6, 6.07) is 22.1. The van der Waals surface area contributed by atoms with Crippen molar-refractivity contribution >= 4 is 38.0 Å². The molecule has 3 heteroatoms. The standard InChI is InChI=1S/C21H20S2Se/c1-3-7-17(8-4-1)11-21(12-18-9-5-2-6-10-18)15-22-19-13-24-14-20(19)23-16-21/h1-10,13-14H,11-12,15-16H2. The van der Waals surface area contributed by atoms with E-state index in [9.17, 15) is 0 Å². The fraction of sp³-hybridized carbons (Fsp3) is 0.238. The molecular weight excluding hydrogens is 395 g/mol. The van der Waals surface area contributed by atoms with Crippen molar-refractivity contribution in [3.8, 4) is 0 Å². The second kappa shape index (κ2) is 7.58. The van der Waals surface area contributed by atoms with Gasteiger partial charge >= 0.3 is 159 Å². The molecule has 1 aromatic heterocycles. The summed E-state index contributed by atoms with van der Waals surface area (Å²) in [5.41, 5.74) is 3.25. The van der Waals surface area contributed by atoms with E-state index < -0.39 is 0 Å². The predicted octanol–water partition coefficient (Wildman–Crippen LogP) is 5.41. The van der Waals surface area contributed by atoms with Crippen LogP contribution in [-0.2, 0) is 12.8 Å². The van der Waals surface area contributed by atoms with Crippen molar-refractivity contribution in [1.29, 1.82) is 0 Å². The Morgan fingerprint density at radius 2 is 1.17 bits per heavy atom. The van der Waals surface area contributed by atoms with Crippen molar-refractivity contribution < 1.29 is 0 Å². The van der Waals surface area contributed by atoms with Crippen LogP contribution < -0.4 is 0 Å². The average Bonchev–Trinajstić information content (AvgIpc) is 3.01. The molecule has 2 heterocycles. The van der Waals surface area contributed by atoms with Crippen LogP contribution in [0.15, 0.2) is 80.3 Å². The summed E-state index contributed by atoms with van der Waals surface area (Å²) in [5, 5.41) is 0. The molecule has 0 nitrogen and oxygen atoms in total. The topological polar surface area (TPSA) is 0 Å². The number of benzene rings is 2. The van der Waals surface area contributed by atoms with Crippen molar-refractivity contribution in [2.75, 3.05) is 11.5 Å². The molecule has 0 spiro atoms. The van der Waals surface area contributed by atoms with Crippen molar-refractivity contribution in [1.82, 2.24) is 0 Å². The number of hydrogen-bond acceptors (Lipinski definition) is 2. The molecule has 0 bridgehead atoms. The van der Waals surface area contributed by atoms with Gasteiger partial charge in [-0.25, -0.2) is 0 Å². The van der Waals surface area contributed by atoms with E-state index in [1.54, 1.807) is 9.79 Å². The number of hydrogen-bond donors (Lipinski definition) is 0. The first-order valence-corrected chi connectivity index (χ1v) is 12.2. The number of fused-ring (bicyclic) bond motifs is 1. The summed E-state index contributed by atoms with van der Waals surface area (Å²) >= 11 is 4.76. The average molecular weight is 415 g/mol. The van der Waals surface area contributed by atoms with E-state index >= 15 is 0 Å². The Hall–Kier alpha value is -0.861. The molecule has 4 rings (SSSR count). The van der Waals surface area contributed by atoms with Gasteiger partial charge in [0.2, 0.25) is 0 Å². The third-order valence-electron chi connectivity index (χ3n) is 4.50. The van der Waals surface area contributed by atoms with Crippen LogP contribution in [-0.4, -0.2) is 26.0 Å². The zero-order chi connectivity index (χ0) is 16.2. The molecule has 0 atom stereocenters. The molecule has 0 fully saturated rings. The monoisotopic (exact) mass is 416 g/mol. The summed E-state index contributed by atoms with van der Waals surface area (Å²) in [5.74, 6) is 2.42. The summed E-state index contributed by atoms with van der Waals surface area (Å²) < 4.78 is 0. The van der Waals surface area contributed by atoms with Gasteiger partial charge in [-0.2, -0.15) is 0 Å². The van der Waals surface area contributed by atoms with Crippen LogP contribution in [0.3, 0.4) is 0 Å². The van der Waals surface area contributed by atoms with Crippen LogP contribution in [0.2, 0.25) is 0 Å². The third-order valence-corrected chi connectivity index (χ3v) is 9.68. The molecular formula is C21H20S2Se. The SMILES string of the molecule is c1ccc(CC2(Cc3ccccc3)CSc3c[se]cc3SC2)cc1. The van der Waals surface area contributed by atoms with Gasteiger partial charge < -0.3 is 0 Å². The van der Waals surface area contributed by atoms with E-state index in [2.05, 4.69) is 94.1 Å². The Bertz CT molecular complexity index is 714. The molecule has 1 aliphatic rings. The maximum atomic E-state index is 2.46. The van der Waals surface area contributed by atoms with E-state index in [4.69, 9.17) is 0 Å². The zero-order valence-electron chi connectivity index (χ0n) is 13.5. The zero-order valence-corrected chi connectivity index (χ0v) is 16.8. The minimum absolute atomic E-state index is 0.317. The molecule has 0 saturated carbocycles. The summed E-state index contributed by atoms with van der Waals surface area (Å²) in [6.07, 6.45) is 2.32. The Morgan fingerprint density at radius 1 is 0.708 bits per heavy atom. The number of rotatable bonds is 4. The summed E-state index contributed by atoms with van der Waals surface area (Å²) in [4.78, 5) is 8.01. The molecule has 3 aromatic rings. The Balaban J connectivity index is 1.63. The molecule has 0 saturated heterocycles. The molecule has 0 radical (unpaired) electrons.